The summed E-state index contributed by atoms with van der Waals surface area (Å²) in [6, 6.07) is 9.73. The minimum Gasteiger partial charge on any atom is -0.375 e. The topological polar surface area (TPSA) is 12.0 Å². The van der Waals surface area contributed by atoms with Crippen LogP contribution in [0.4, 0.5) is 10.1 Å². The lowest BCUT2D eigenvalue weighted by Crippen LogP contribution is -2.06. The van der Waals surface area contributed by atoms with Crippen molar-refractivity contribution in [2.45, 2.75) is 26.8 Å². The number of hydrogen-bond acceptors (Lipinski definition) is 2. The van der Waals surface area contributed by atoms with Crippen molar-refractivity contribution in [2.24, 2.45) is 0 Å². The number of thiophene rings is 1. The van der Waals surface area contributed by atoms with Gasteiger partial charge in [-0.25, -0.2) is 4.39 Å². The highest BCUT2D eigenvalue weighted by Gasteiger charge is 2.10. The molecular formula is C14H16FNS. The van der Waals surface area contributed by atoms with E-state index in [0.29, 0.717) is 11.3 Å². The third kappa shape index (κ3) is 2.67. The molecular weight excluding hydrogens is 233 g/mol. The lowest BCUT2D eigenvalue weighted by molar-refractivity contribution is 0.619. The lowest BCUT2D eigenvalue weighted by Gasteiger charge is -2.15. The van der Waals surface area contributed by atoms with Gasteiger partial charge >= 0.3 is 0 Å². The Morgan fingerprint density at radius 1 is 1.18 bits per heavy atom. The predicted octanol–water partition coefficient (Wildman–Crippen LogP) is 4.68. The average molecular weight is 249 g/mol. The van der Waals surface area contributed by atoms with Gasteiger partial charge in [0.1, 0.15) is 5.82 Å². The molecule has 1 heterocycles. The Labute approximate surface area is 105 Å². The van der Waals surface area contributed by atoms with Crippen LogP contribution in [0.5, 0.6) is 0 Å². The molecule has 1 unspecified atom stereocenters. The molecule has 1 N–H and O–H groups in total. The summed E-state index contributed by atoms with van der Waals surface area (Å²) in [6.45, 7) is 5.90. The van der Waals surface area contributed by atoms with E-state index in [1.54, 1.807) is 30.4 Å². The van der Waals surface area contributed by atoms with Crippen LogP contribution in [-0.4, -0.2) is 0 Å². The number of aryl methyl sites for hydroxylation is 2. The fraction of sp³-hybridized carbons (Fsp3) is 0.286. The Morgan fingerprint density at radius 3 is 2.59 bits per heavy atom. The third-order valence-electron chi connectivity index (χ3n) is 2.75. The van der Waals surface area contributed by atoms with Gasteiger partial charge in [-0.3, -0.25) is 0 Å². The minimum absolute atomic E-state index is 0.130. The Hall–Kier alpha value is -1.35. The van der Waals surface area contributed by atoms with Gasteiger partial charge in [0.25, 0.3) is 0 Å². The van der Waals surface area contributed by atoms with E-state index in [-0.39, 0.29) is 11.9 Å². The van der Waals surface area contributed by atoms with Crippen molar-refractivity contribution in [1.29, 1.82) is 0 Å². The van der Waals surface area contributed by atoms with Gasteiger partial charge in [-0.05, 0) is 44.5 Å². The molecule has 0 aliphatic heterocycles. The second-order valence-corrected chi connectivity index (χ2v) is 5.57. The molecule has 0 aliphatic carbocycles. The summed E-state index contributed by atoms with van der Waals surface area (Å²) in [5.41, 5.74) is 1.24. The first kappa shape index (κ1) is 12.1. The van der Waals surface area contributed by atoms with Crippen LogP contribution < -0.4 is 5.32 Å². The highest BCUT2D eigenvalue weighted by Crippen LogP contribution is 2.27. The van der Waals surface area contributed by atoms with Gasteiger partial charge in [0.15, 0.2) is 0 Å². The van der Waals surface area contributed by atoms with Crippen LogP contribution in [0.3, 0.4) is 0 Å². The fourth-order valence-electron chi connectivity index (χ4n) is 1.75. The van der Waals surface area contributed by atoms with Crippen molar-refractivity contribution in [3.63, 3.8) is 0 Å². The molecule has 0 fully saturated rings. The summed E-state index contributed by atoms with van der Waals surface area (Å²) in [6.07, 6.45) is 0. The van der Waals surface area contributed by atoms with Crippen molar-refractivity contribution in [3.05, 3.63) is 51.5 Å². The first-order valence-electron chi connectivity index (χ1n) is 5.66. The maximum absolute atomic E-state index is 13.8. The summed E-state index contributed by atoms with van der Waals surface area (Å²) in [4.78, 5) is 2.50. The monoisotopic (exact) mass is 249 g/mol. The second kappa shape index (κ2) is 4.88. The van der Waals surface area contributed by atoms with Crippen LogP contribution in [0.25, 0.3) is 0 Å². The van der Waals surface area contributed by atoms with Gasteiger partial charge in [0.05, 0.1) is 11.7 Å². The van der Waals surface area contributed by atoms with Gasteiger partial charge < -0.3 is 5.32 Å². The number of benzene rings is 1. The molecule has 0 saturated heterocycles. The van der Waals surface area contributed by atoms with E-state index in [1.807, 2.05) is 13.0 Å². The first-order valence-corrected chi connectivity index (χ1v) is 6.47. The van der Waals surface area contributed by atoms with Gasteiger partial charge in [0.2, 0.25) is 0 Å². The molecule has 2 rings (SSSR count). The van der Waals surface area contributed by atoms with Crippen LogP contribution >= 0.6 is 11.3 Å². The standard InChI is InChI=1S/C14H16FNS/c1-9-5-4-6-12(14(9)15)16-11(3)13-8-7-10(2)17-13/h4-8,11,16H,1-3H3. The second-order valence-electron chi connectivity index (χ2n) is 4.25. The smallest absolute Gasteiger partial charge is 0.149 e. The van der Waals surface area contributed by atoms with E-state index in [2.05, 4.69) is 24.4 Å². The van der Waals surface area contributed by atoms with Crippen LogP contribution in [0.1, 0.15) is 28.3 Å². The van der Waals surface area contributed by atoms with E-state index in [0.717, 1.165) is 0 Å². The Morgan fingerprint density at radius 2 is 1.94 bits per heavy atom. The molecule has 3 heteroatoms. The number of anilines is 1. The zero-order valence-electron chi connectivity index (χ0n) is 10.3. The van der Waals surface area contributed by atoms with E-state index >= 15 is 0 Å². The van der Waals surface area contributed by atoms with E-state index in [9.17, 15) is 4.39 Å². The van der Waals surface area contributed by atoms with Gasteiger partial charge in [-0.15, -0.1) is 11.3 Å². The molecule has 2 aromatic rings. The zero-order valence-corrected chi connectivity index (χ0v) is 11.1. The highest BCUT2D eigenvalue weighted by atomic mass is 32.1. The molecule has 1 nitrogen and oxygen atoms in total. The van der Waals surface area contributed by atoms with Crippen LogP contribution in [0, 0.1) is 19.7 Å². The van der Waals surface area contributed by atoms with Gasteiger partial charge in [0, 0.05) is 9.75 Å². The molecule has 0 spiro atoms. The normalized spacial score (nSPS) is 12.5. The lowest BCUT2D eigenvalue weighted by atomic mass is 10.2. The Kier molecular flexibility index (Phi) is 3.48. The van der Waals surface area contributed by atoms with Crippen molar-refractivity contribution in [3.8, 4) is 0 Å². The number of hydrogen-bond donors (Lipinski definition) is 1. The number of nitrogens with one attached hydrogen (secondary N) is 1. The van der Waals surface area contributed by atoms with Crippen molar-refractivity contribution in [2.75, 3.05) is 5.32 Å². The molecule has 0 bridgehead atoms. The summed E-state index contributed by atoms with van der Waals surface area (Å²) >= 11 is 1.74. The number of halogens is 1. The largest absolute Gasteiger partial charge is 0.375 e. The quantitative estimate of drug-likeness (QED) is 0.833. The van der Waals surface area contributed by atoms with Crippen molar-refractivity contribution in [1.82, 2.24) is 0 Å². The molecule has 0 saturated carbocycles. The molecule has 1 aromatic carbocycles. The van der Waals surface area contributed by atoms with Gasteiger partial charge in [-0.1, -0.05) is 12.1 Å². The SMILES string of the molecule is Cc1ccc(C(C)Nc2cccc(C)c2F)s1. The van der Waals surface area contributed by atoms with E-state index < -0.39 is 0 Å². The molecule has 90 valence electrons. The summed E-state index contributed by atoms with van der Waals surface area (Å²) in [7, 11) is 0. The molecule has 0 aliphatic rings. The highest BCUT2D eigenvalue weighted by molar-refractivity contribution is 7.12. The molecule has 1 aromatic heterocycles. The average Bonchev–Trinajstić information content (AvgIpc) is 2.72. The molecule has 0 radical (unpaired) electrons. The van der Waals surface area contributed by atoms with E-state index in [4.69, 9.17) is 0 Å². The van der Waals surface area contributed by atoms with Crippen LogP contribution in [0.15, 0.2) is 30.3 Å². The Balaban J connectivity index is 2.18. The predicted molar refractivity (Wildman–Crippen MR) is 72.2 cm³/mol. The summed E-state index contributed by atoms with van der Waals surface area (Å²) in [5, 5.41) is 3.22. The molecule has 1 atom stereocenters. The number of rotatable bonds is 3. The fourth-order valence-corrected chi connectivity index (χ4v) is 2.63. The van der Waals surface area contributed by atoms with Crippen LogP contribution in [0.2, 0.25) is 0 Å². The third-order valence-corrected chi connectivity index (χ3v) is 3.94. The Bertz CT molecular complexity index is 519. The minimum atomic E-state index is -0.160. The van der Waals surface area contributed by atoms with E-state index in [1.165, 1.54) is 9.75 Å². The molecule has 17 heavy (non-hydrogen) atoms. The van der Waals surface area contributed by atoms with Gasteiger partial charge in [-0.2, -0.15) is 0 Å². The summed E-state index contributed by atoms with van der Waals surface area (Å²) < 4.78 is 13.8. The molecule has 0 amide bonds. The van der Waals surface area contributed by atoms with Crippen LogP contribution in [-0.2, 0) is 0 Å². The van der Waals surface area contributed by atoms with Crippen molar-refractivity contribution < 1.29 is 4.39 Å². The summed E-state index contributed by atoms with van der Waals surface area (Å²) in [5.74, 6) is -0.160. The maximum atomic E-state index is 13.8. The van der Waals surface area contributed by atoms with Crippen molar-refractivity contribution >= 4 is 17.0 Å². The first-order chi connectivity index (χ1) is 8.08. The zero-order chi connectivity index (χ0) is 12.4. The maximum Gasteiger partial charge on any atom is 0.149 e.